The van der Waals surface area contributed by atoms with E-state index < -0.39 is 0 Å². The molecule has 8 heteroatoms. The maximum atomic E-state index is 5.35. The van der Waals surface area contributed by atoms with Crippen LogP contribution in [0.3, 0.4) is 0 Å². The van der Waals surface area contributed by atoms with Gasteiger partial charge in [-0.15, -0.1) is 35.3 Å². The first kappa shape index (κ1) is 23.6. The Balaban J connectivity index is 0.00000338. The second kappa shape index (κ2) is 11.4. The van der Waals surface area contributed by atoms with E-state index in [9.17, 15) is 0 Å². The number of ether oxygens (including phenoxy) is 1. The molecule has 0 amide bonds. The molecule has 150 valence electrons. The number of guanidine groups is 1. The predicted molar refractivity (Wildman–Crippen MR) is 121 cm³/mol. The molecule has 1 saturated carbocycles. The fourth-order valence-electron chi connectivity index (χ4n) is 2.66. The van der Waals surface area contributed by atoms with Crippen LogP contribution in [0.1, 0.15) is 50.4 Å². The highest BCUT2D eigenvalue weighted by atomic mass is 127. The monoisotopic (exact) mass is 495 g/mol. The summed E-state index contributed by atoms with van der Waals surface area (Å²) in [7, 11) is 5.99. The summed E-state index contributed by atoms with van der Waals surface area (Å²) in [5.41, 5.74) is 1.06. The van der Waals surface area contributed by atoms with Gasteiger partial charge in [-0.05, 0) is 40.7 Å². The van der Waals surface area contributed by atoms with E-state index in [2.05, 4.69) is 53.4 Å². The molecule has 1 N–H and O–H groups in total. The Labute approximate surface area is 179 Å². The topological polar surface area (TPSA) is 53.0 Å². The second-order valence-corrected chi connectivity index (χ2v) is 7.74. The van der Waals surface area contributed by atoms with Gasteiger partial charge in [0, 0.05) is 38.2 Å². The van der Waals surface area contributed by atoms with Crippen LogP contribution in [-0.4, -0.2) is 67.1 Å². The molecule has 0 saturated heterocycles. The minimum atomic E-state index is 0. The lowest BCUT2D eigenvalue weighted by Gasteiger charge is -2.25. The van der Waals surface area contributed by atoms with E-state index in [1.807, 2.05) is 6.92 Å². The number of hydrogen-bond acceptors (Lipinski definition) is 5. The third-order valence-corrected chi connectivity index (χ3v) is 5.74. The van der Waals surface area contributed by atoms with Crippen molar-refractivity contribution in [3.05, 3.63) is 16.1 Å². The van der Waals surface area contributed by atoms with Gasteiger partial charge in [-0.3, -0.25) is 9.89 Å². The van der Waals surface area contributed by atoms with Crippen molar-refractivity contribution in [1.29, 1.82) is 0 Å². The van der Waals surface area contributed by atoms with Gasteiger partial charge in [-0.1, -0.05) is 0 Å². The van der Waals surface area contributed by atoms with Crippen LogP contribution in [0.25, 0.3) is 0 Å². The lowest BCUT2D eigenvalue weighted by molar-refractivity contribution is 0.119. The Bertz CT molecular complexity index is 564. The highest BCUT2D eigenvalue weighted by molar-refractivity contribution is 14.0. The molecule has 6 nitrogen and oxygen atoms in total. The van der Waals surface area contributed by atoms with Crippen molar-refractivity contribution in [3.8, 4) is 0 Å². The average molecular weight is 495 g/mol. The van der Waals surface area contributed by atoms with Crippen molar-refractivity contribution in [2.75, 3.05) is 34.3 Å². The predicted octanol–water partition coefficient (Wildman–Crippen LogP) is 3.35. The molecule has 1 aliphatic rings. The Morgan fingerprint density at radius 2 is 2.12 bits per heavy atom. The first-order valence-corrected chi connectivity index (χ1v) is 10.0. The van der Waals surface area contributed by atoms with Crippen LogP contribution in [0.2, 0.25) is 0 Å². The number of rotatable bonds is 9. The average Bonchev–Trinajstić information content (AvgIpc) is 3.36. The van der Waals surface area contributed by atoms with E-state index in [1.54, 1.807) is 18.4 Å². The molecular weight excluding hydrogens is 461 g/mol. The van der Waals surface area contributed by atoms with Crippen LogP contribution in [0.15, 0.2) is 10.4 Å². The van der Waals surface area contributed by atoms with Crippen molar-refractivity contribution in [3.63, 3.8) is 0 Å². The number of nitrogens with one attached hydrogen (secondary N) is 1. The molecule has 26 heavy (non-hydrogen) atoms. The third kappa shape index (κ3) is 6.94. The summed E-state index contributed by atoms with van der Waals surface area (Å²) in [6.45, 7) is 8.79. The highest BCUT2D eigenvalue weighted by Crippen LogP contribution is 2.27. The molecule has 1 fully saturated rings. The van der Waals surface area contributed by atoms with Gasteiger partial charge in [0.05, 0.1) is 18.8 Å². The van der Waals surface area contributed by atoms with Gasteiger partial charge in [0.25, 0.3) is 0 Å². The minimum absolute atomic E-state index is 0. The molecule has 2 atom stereocenters. The second-order valence-electron chi connectivity index (χ2n) is 6.85. The summed E-state index contributed by atoms with van der Waals surface area (Å²) in [6, 6.07) is 1.23. The van der Waals surface area contributed by atoms with Crippen LogP contribution in [0.5, 0.6) is 0 Å². The van der Waals surface area contributed by atoms with Crippen LogP contribution in [0, 0.1) is 0 Å². The largest absolute Gasteiger partial charge is 0.375 e. The van der Waals surface area contributed by atoms with Crippen molar-refractivity contribution < 1.29 is 4.74 Å². The fourth-order valence-corrected chi connectivity index (χ4v) is 3.50. The Morgan fingerprint density at radius 1 is 1.42 bits per heavy atom. The standard InChI is InChI=1S/C18H33N5OS.HI/c1-7-19-18(20-10-13(2)23(5)16-8-9-16)22(4)11-15-12-25-17(21-15)14(3)24-6;/h12-14,16H,7-11H2,1-6H3,(H,19,20);1H. The third-order valence-electron chi connectivity index (χ3n) is 4.69. The van der Waals surface area contributed by atoms with E-state index in [0.29, 0.717) is 6.04 Å². The summed E-state index contributed by atoms with van der Waals surface area (Å²) in [5, 5.41) is 6.52. The Hall–Kier alpha value is -0.450. The van der Waals surface area contributed by atoms with Gasteiger partial charge in [-0.2, -0.15) is 0 Å². The summed E-state index contributed by atoms with van der Waals surface area (Å²) in [5.74, 6) is 0.938. The summed E-state index contributed by atoms with van der Waals surface area (Å²) >= 11 is 1.65. The smallest absolute Gasteiger partial charge is 0.194 e. The highest BCUT2D eigenvalue weighted by Gasteiger charge is 2.29. The molecule has 1 aromatic heterocycles. The number of aromatic nitrogens is 1. The zero-order valence-corrected chi connectivity index (χ0v) is 20.0. The van der Waals surface area contributed by atoms with Crippen LogP contribution in [0.4, 0.5) is 0 Å². The van der Waals surface area contributed by atoms with Crippen molar-refractivity contribution in [1.82, 2.24) is 20.1 Å². The van der Waals surface area contributed by atoms with Crippen molar-refractivity contribution in [2.45, 2.75) is 58.3 Å². The maximum absolute atomic E-state index is 5.35. The first-order chi connectivity index (χ1) is 12.0. The van der Waals surface area contributed by atoms with Gasteiger partial charge in [-0.25, -0.2) is 4.98 Å². The van der Waals surface area contributed by atoms with Gasteiger partial charge in [0.15, 0.2) is 5.96 Å². The Morgan fingerprint density at radius 3 is 2.69 bits per heavy atom. The van der Waals surface area contributed by atoms with Crippen molar-refractivity contribution >= 4 is 41.3 Å². The molecule has 0 bridgehead atoms. The summed E-state index contributed by atoms with van der Waals surface area (Å²) < 4.78 is 5.35. The molecule has 1 aromatic rings. The van der Waals surface area contributed by atoms with E-state index in [4.69, 9.17) is 9.73 Å². The van der Waals surface area contributed by atoms with Gasteiger partial charge in [0.1, 0.15) is 11.1 Å². The van der Waals surface area contributed by atoms with Crippen molar-refractivity contribution in [2.24, 2.45) is 4.99 Å². The van der Waals surface area contributed by atoms with Gasteiger partial charge < -0.3 is 15.0 Å². The van der Waals surface area contributed by atoms with E-state index in [1.165, 1.54) is 12.8 Å². The number of aliphatic imine (C=N–C) groups is 1. The normalized spacial score (nSPS) is 17.0. The molecular formula is C18H34IN5OS. The zero-order valence-electron chi connectivity index (χ0n) is 16.9. The summed E-state index contributed by atoms with van der Waals surface area (Å²) in [6.07, 6.45) is 2.71. The quantitative estimate of drug-likeness (QED) is 0.324. The lowest BCUT2D eigenvalue weighted by atomic mass is 10.3. The van der Waals surface area contributed by atoms with Gasteiger partial charge >= 0.3 is 0 Å². The summed E-state index contributed by atoms with van der Waals surface area (Å²) in [4.78, 5) is 14.1. The van der Waals surface area contributed by atoms with E-state index in [-0.39, 0.29) is 30.1 Å². The molecule has 2 rings (SSSR count). The number of hydrogen-bond donors (Lipinski definition) is 1. The Kier molecular flexibility index (Phi) is 10.3. The number of likely N-dealkylation sites (N-methyl/N-ethyl adjacent to an activating group) is 1. The van der Waals surface area contributed by atoms with E-state index >= 15 is 0 Å². The fraction of sp³-hybridized carbons (Fsp3) is 0.778. The molecule has 0 spiro atoms. The van der Waals surface area contributed by atoms with Crippen LogP contribution < -0.4 is 5.32 Å². The number of nitrogens with zero attached hydrogens (tertiary/aromatic N) is 4. The molecule has 0 aromatic carbocycles. The first-order valence-electron chi connectivity index (χ1n) is 9.14. The molecule has 0 radical (unpaired) electrons. The van der Waals surface area contributed by atoms with Gasteiger partial charge in [0.2, 0.25) is 0 Å². The SMILES string of the molecule is CCNC(=NCC(C)N(C)C1CC1)N(C)Cc1csc(C(C)OC)n1.I. The number of thiazole rings is 1. The lowest BCUT2D eigenvalue weighted by Crippen LogP contribution is -2.40. The zero-order chi connectivity index (χ0) is 18.4. The maximum Gasteiger partial charge on any atom is 0.194 e. The molecule has 1 heterocycles. The molecule has 0 aliphatic heterocycles. The van der Waals surface area contributed by atoms with Crippen LogP contribution >= 0.6 is 35.3 Å². The molecule has 1 aliphatic carbocycles. The van der Waals surface area contributed by atoms with Crippen LogP contribution in [-0.2, 0) is 11.3 Å². The van der Waals surface area contributed by atoms with E-state index in [0.717, 1.165) is 42.3 Å². The molecule has 2 unspecified atom stereocenters. The number of halogens is 1. The minimum Gasteiger partial charge on any atom is -0.375 e. The number of methoxy groups -OCH3 is 1.